The van der Waals surface area contributed by atoms with Crippen LogP contribution < -0.4 is 15.5 Å². The van der Waals surface area contributed by atoms with Crippen LogP contribution in [0.25, 0.3) is 5.65 Å². The Hall–Kier alpha value is -5.40. The Morgan fingerprint density at radius 2 is 1.67 bits per heavy atom. The van der Waals surface area contributed by atoms with E-state index in [-0.39, 0.29) is 29.8 Å². The van der Waals surface area contributed by atoms with E-state index in [2.05, 4.69) is 27.9 Å². The van der Waals surface area contributed by atoms with Gasteiger partial charge in [-0.15, -0.1) is 0 Å². The zero-order chi connectivity index (χ0) is 38.3. The summed E-state index contributed by atoms with van der Waals surface area (Å²) in [6, 6.07) is 12.9. The Labute approximate surface area is 319 Å². The van der Waals surface area contributed by atoms with Crippen LogP contribution in [0.2, 0.25) is 0 Å². The smallest absolute Gasteiger partial charge is 0.324 e. The zero-order valence-corrected chi connectivity index (χ0v) is 31.0. The number of rotatable bonds is 14. The number of imide groups is 1. The predicted octanol–water partition coefficient (Wildman–Crippen LogP) is 6.27. The first-order valence-electron chi connectivity index (χ1n) is 19.5. The van der Waals surface area contributed by atoms with Crippen molar-refractivity contribution in [2.45, 2.75) is 89.1 Å². The number of carbonyl (C=O) groups excluding carboxylic acids is 4. The molecule has 3 saturated heterocycles. The van der Waals surface area contributed by atoms with E-state index in [1.165, 1.54) is 17.8 Å². The molecule has 2 aromatic carbocycles. The topological polar surface area (TPSA) is 132 Å². The fourth-order valence-electron chi connectivity index (χ4n) is 8.03. The number of amides is 5. The standard InChI is InChI=1S/C41H48F2N8O4/c42-31-13-14-34(43)32(25-31)35-7-6-20-50(35)36-17-24-51-39(46-36)33(26-45-51)40(54)44-19-5-3-1-2-4-8-38(53)48-21-15-30(16-22-48)29-11-9-28(10-12-29)27-49-23-18-37(52)47-41(49)55/h9-14,17,24-26,30,35H,1-8,15-16,18-23,27H2,(H,44,54)(H,47,52,55). The summed E-state index contributed by atoms with van der Waals surface area (Å²) in [5.41, 5.74) is 3.35. The van der Waals surface area contributed by atoms with E-state index in [1.807, 2.05) is 21.9 Å². The highest BCUT2D eigenvalue weighted by Gasteiger charge is 2.30. The van der Waals surface area contributed by atoms with Crippen LogP contribution in [-0.2, 0) is 16.1 Å². The average molecular weight is 755 g/mol. The number of aromatic nitrogens is 3. The zero-order valence-electron chi connectivity index (χ0n) is 31.0. The van der Waals surface area contributed by atoms with Gasteiger partial charge < -0.3 is 20.0 Å². The summed E-state index contributed by atoms with van der Waals surface area (Å²) in [6.07, 6.45) is 12.0. The van der Waals surface area contributed by atoms with Gasteiger partial charge in [-0.05, 0) is 79.8 Å². The SMILES string of the molecule is O=C1CCN(Cc2ccc(C3CCN(C(=O)CCCCCCCNC(=O)c4cnn5ccc(N6CCCC6c6cc(F)ccc6F)nc45)CC3)cc2)C(=O)N1. The summed E-state index contributed by atoms with van der Waals surface area (Å²) >= 11 is 0. The summed E-state index contributed by atoms with van der Waals surface area (Å²) in [5, 5.41) is 9.63. The van der Waals surface area contributed by atoms with Crippen LogP contribution in [0.15, 0.2) is 60.9 Å². The molecule has 0 radical (unpaired) electrons. The van der Waals surface area contributed by atoms with Gasteiger partial charge in [0.05, 0.1) is 12.2 Å². The number of benzene rings is 2. The molecule has 3 aliphatic rings. The molecule has 3 aliphatic heterocycles. The van der Waals surface area contributed by atoms with E-state index in [1.54, 1.807) is 21.7 Å². The maximum Gasteiger partial charge on any atom is 0.324 e. The van der Waals surface area contributed by atoms with Crippen molar-refractivity contribution in [1.82, 2.24) is 35.0 Å². The van der Waals surface area contributed by atoms with Gasteiger partial charge in [-0.2, -0.15) is 5.10 Å². The third-order valence-corrected chi connectivity index (χ3v) is 11.1. The molecule has 12 nitrogen and oxygen atoms in total. The largest absolute Gasteiger partial charge is 0.352 e. The van der Waals surface area contributed by atoms with Gasteiger partial charge in [0, 0.05) is 63.9 Å². The Morgan fingerprint density at radius 3 is 2.47 bits per heavy atom. The molecule has 55 heavy (non-hydrogen) atoms. The minimum Gasteiger partial charge on any atom is -0.352 e. The number of unbranched alkanes of at least 4 members (excludes halogenated alkanes) is 4. The van der Waals surface area contributed by atoms with Crippen LogP contribution in [0.1, 0.15) is 110 Å². The first-order valence-corrected chi connectivity index (χ1v) is 19.5. The van der Waals surface area contributed by atoms with Crippen LogP contribution in [0.5, 0.6) is 0 Å². The van der Waals surface area contributed by atoms with Crippen molar-refractivity contribution in [2.24, 2.45) is 0 Å². The normalized spacial score (nSPS) is 17.9. The van der Waals surface area contributed by atoms with E-state index in [9.17, 15) is 28.0 Å². The highest BCUT2D eigenvalue weighted by atomic mass is 19.1. The maximum atomic E-state index is 14.6. The lowest BCUT2D eigenvalue weighted by atomic mass is 9.89. The molecule has 3 fully saturated rings. The molecule has 5 amide bonds. The number of urea groups is 1. The van der Waals surface area contributed by atoms with E-state index < -0.39 is 11.6 Å². The summed E-state index contributed by atoms with van der Waals surface area (Å²) < 4.78 is 30.1. The second-order valence-electron chi connectivity index (χ2n) is 14.8. The highest BCUT2D eigenvalue weighted by molar-refractivity contribution is 5.99. The lowest BCUT2D eigenvalue weighted by Gasteiger charge is -2.32. The minimum absolute atomic E-state index is 0.214. The Balaban J connectivity index is 0.783. The summed E-state index contributed by atoms with van der Waals surface area (Å²) in [7, 11) is 0. The Morgan fingerprint density at radius 1 is 0.891 bits per heavy atom. The highest BCUT2D eigenvalue weighted by Crippen LogP contribution is 2.37. The first-order chi connectivity index (χ1) is 26.7. The van der Waals surface area contributed by atoms with E-state index in [4.69, 9.17) is 4.98 Å². The van der Waals surface area contributed by atoms with Crippen molar-refractivity contribution in [2.75, 3.05) is 37.6 Å². The number of halogens is 2. The molecule has 0 spiro atoms. The lowest BCUT2D eigenvalue weighted by Crippen LogP contribution is -2.48. The maximum absolute atomic E-state index is 14.6. The van der Waals surface area contributed by atoms with Crippen molar-refractivity contribution in [3.05, 3.63) is 94.8 Å². The fraction of sp³-hybridized carbons (Fsp3) is 0.463. The number of piperidine rings is 1. The molecule has 1 atom stereocenters. The molecule has 7 rings (SSSR count). The number of nitrogens with zero attached hydrogens (tertiary/aromatic N) is 6. The van der Waals surface area contributed by atoms with Gasteiger partial charge in [0.2, 0.25) is 11.8 Å². The molecule has 4 aromatic rings. The van der Waals surface area contributed by atoms with Gasteiger partial charge in [0.1, 0.15) is 23.0 Å². The molecule has 0 saturated carbocycles. The summed E-state index contributed by atoms with van der Waals surface area (Å²) in [4.78, 5) is 59.8. The summed E-state index contributed by atoms with van der Waals surface area (Å²) in [5.74, 6) is -0.219. The second kappa shape index (κ2) is 17.4. The summed E-state index contributed by atoms with van der Waals surface area (Å²) in [6.45, 7) is 3.56. The molecule has 1 unspecified atom stereocenters. The van der Waals surface area contributed by atoms with Crippen LogP contribution >= 0.6 is 0 Å². The lowest BCUT2D eigenvalue weighted by molar-refractivity contribution is -0.132. The van der Waals surface area contributed by atoms with Gasteiger partial charge in [-0.3, -0.25) is 19.7 Å². The molecular formula is C41H48F2N8O4. The number of anilines is 1. The monoisotopic (exact) mass is 754 g/mol. The van der Waals surface area contributed by atoms with Crippen molar-refractivity contribution in [1.29, 1.82) is 0 Å². The molecule has 14 heteroatoms. The number of hydrogen-bond acceptors (Lipinski definition) is 7. The number of carbonyl (C=O) groups is 4. The van der Waals surface area contributed by atoms with Gasteiger partial charge >= 0.3 is 6.03 Å². The number of nitrogens with one attached hydrogen (secondary N) is 2. The Kier molecular flexibility index (Phi) is 12.0. The third kappa shape index (κ3) is 9.12. The Bertz CT molecular complexity index is 2010. The van der Waals surface area contributed by atoms with Crippen molar-refractivity contribution in [3.63, 3.8) is 0 Å². The van der Waals surface area contributed by atoms with E-state index in [0.29, 0.717) is 74.0 Å². The van der Waals surface area contributed by atoms with Crippen LogP contribution in [-0.4, -0.2) is 80.9 Å². The quantitative estimate of drug-likeness (QED) is 0.145. The van der Waals surface area contributed by atoms with Gasteiger partial charge in [-0.1, -0.05) is 43.5 Å². The third-order valence-electron chi connectivity index (χ3n) is 11.1. The molecule has 0 aliphatic carbocycles. The van der Waals surface area contributed by atoms with Gasteiger partial charge in [0.25, 0.3) is 5.91 Å². The molecule has 2 aromatic heterocycles. The second-order valence-corrected chi connectivity index (χ2v) is 14.8. The molecule has 0 bridgehead atoms. The van der Waals surface area contributed by atoms with Crippen molar-refractivity contribution >= 4 is 35.2 Å². The fourth-order valence-corrected chi connectivity index (χ4v) is 8.03. The molecule has 5 heterocycles. The van der Waals surface area contributed by atoms with Crippen molar-refractivity contribution in [3.8, 4) is 0 Å². The molecule has 290 valence electrons. The van der Waals surface area contributed by atoms with Gasteiger partial charge in [0.15, 0.2) is 5.65 Å². The van der Waals surface area contributed by atoms with Crippen LogP contribution in [0.4, 0.5) is 19.4 Å². The average Bonchev–Trinajstić information content (AvgIpc) is 3.86. The van der Waals surface area contributed by atoms with Crippen molar-refractivity contribution < 1.29 is 28.0 Å². The number of hydrogen-bond donors (Lipinski definition) is 2. The van der Waals surface area contributed by atoms with E-state index in [0.717, 1.165) is 82.2 Å². The minimum atomic E-state index is -0.481. The predicted molar refractivity (Wildman–Crippen MR) is 202 cm³/mol. The van der Waals surface area contributed by atoms with Crippen LogP contribution in [0.3, 0.4) is 0 Å². The molecular weight excluding hydrogens is 706 g/mol. The number of fused-ring (bicyclic) bond motifs is 1. The van der Waals surface area contributed by atoms with Crippen LogP contribution in [0, 0.1) is 11.6 Å². The first kappa shape index (κ1) is 37.9. The number of likely N-dealkylation sites (tertiary alicyclic amines) is 1. The van der Waals surface area contributed by atoms with Gasteiger partial charge in [-0.25, -0.2) is 23.1 Å². The van der Waals surface area contributed by atoms with E-state index >= 15 is 0 Å². The molecule has 2 N–H and O–H groups in total.